The average molecular weight is 238 g/mol. The van der Waals surface area contributed by atoms with Gasteiger partial charge < -0.3 is 15.0 Å². The van der Waals surface area contributed by atoms with Gasteiger partial charge in [0.05, 0.1) is 12.7 Å². The zero-order valence-corrected chi connectivity index (χ0v) is 10.3. The highest BCUT2D eigenvalue weighted by atomic mass is 32.1. The van der Waals surface area contributed by atoms with E-state index >= 15 is 0 Å². The number of ether oxygens (including phenoxy) is 1. The van der Waals surface area contributed by atoms with Gasteiger partial charge in [0.15, 0.2) is 5.11 Å². The van der Waals surface area contributed by atoms with Crippen LogP contribution in [0.3, 0.4) is 0 Å². The topological polar surface area (TPSA) is 41.6 Å². The van der Waals surface area contributed by atoms with Crippen LogP contribution in [0.15, 0.2) is 24.3 Å². The molecular weight excluding hydrogens is 224 g/mol. The van der Waals surface area contributed by atoms with E-state index in [0.29, 0.717) is 10.7 Å². The third-order valence-corrected chi connectivity index (χ3v) is 2.43. The molecule has 1 N–H and O–H groups in total. The number of hydrogen-bond acceptors (Lipinski definition) is 3. The first-order valence-corrected chi connectivity index (χ1v) is 5.12. The molecule has 1 aromatic rings. The van der Waals surface area contributed by atoms with Crippen molar-refractivity contribution in [1.82, 2.24) is 4.90 Å². The Kier molecular flexibility index (Phi) is 4.25. The highest BCUT2D eigenvalue weighted by Crippen LogP contribution is 2.10. The van der Waals surface area contributed by atoms with Crippen molar-refractivity contribution in [3.63, 3.8) is 0 Å². The van der Waals surface area contributed by atoms with E-state index in [4.69, 9.17) is 12.2 Å². The summed E-state index contributed by atoms with van der Waals surface area (Å²) in [7, 11) is 5.08. The highest BCUT2D eigenvalue weighted by molar-refractivity contribution is 7.80. The first-order valence-electron chi connectivity index (χ1n) is 4.71. The summed E-state index contributed by atoms with van der Waals surface area (Å²) in [6.07, 6.45) is 0. The van der Waals surface area contributed by atoms with Crippen molar-refractivity contribution in [1.29, 1.82) is 0 Å². The van der Waals surface area contributed by atoms with Crippen LogP contribution in [0.2, 0.25) is 0 Å². The number of thiocarbonyl (C=S) groups is 1. The van der Waals surface area contributed by atoms with Gasteiger partial charge in [-0.15, -0.1) is 0 Å². The van der Waals surface area contributed by atoms with Crippen molar-refractivity contribution in [2.24, 2.45) is 0 Å². The lowest BCUT2D eigenvalue weighted by Crippen LogP contribution is -2.26. The number of carbonyl (C=O) groups excluding carboxylic acids is 1. The average Bonchev–Trinajstić information content (AvgIpc) is 2.28. The Morgan fingerprint density at radius 1 is 1.31 bits per heavy atom. The number of hydrogen-bond donors (Lipinski definition) is 1. The van der Waals surface area contributed by atoms with Gasteiger partial charge in [-0.2, -0.15) is 0 Å². The zero-order chi connectivity index (χ0) is 12.1. The first kappa shape index (κ1) is 12.4. The second kappa shape index (κ2) is 5.46. The summed E-state index contributed by atoms with van der Waals surface area (Å²) in [5.41, 5.74) is 1.36. The molecule has 0 amide bonds. The quantitative estimate of drug-likeness (QED) is 0.628. The molecule has 0 unspecified atom stereocenters. The summed E-state index contributed by atoms with van der Waals surface area (Å²) in [5, 5.41) is 3.65. The number of carbonyl (C=O) groups is 1. The number of nitrogens with one attached hydrogen (secondary N) is 1. The largest absolute Gasteiger partial charge is 0.465 e. The van der Waals surface area contributed by atoms with Gasteiger partial charge in [-0.3, -0.25) is 0 Å². The van der Waals surface area contributed by atoms with Crippen LogP contribution in [0.1, 0.15) is 10.4 Å². The predicted molar refractivity (Wildman–Crippen MR) is 67.7 cm³/mol. The molecule has 0 saturated carbocycles. The molecule has 0 aliphatic rings. The Hall–Kier alpha value is -1.62. The lowest BCUT2D eigenvalue weighted by atomic mass is 10.2. The molecule has 86 valence electrons. The van der Waals surface area contributed by atoms with Crippen LogP contribution in [0.25, 0.3) is 0 Å². The van der Waals surface area contributed by atoms with E-state index in [1.807, 2.05) is 14.1 Å². The number of nitrogens with zero attached hydrogens (tertiary/aromatic N) is 1. The van der Waals surface area contributed by atoms with Gasteiger partial charge in [0, 0.05) is 19.8 Å². The third kappa shape index (κ3) is 3.20. The predicted octanol–water partition coefficient (Wildman–Crippen LogP) is 1.73. The van der Waals surface area contributed by atoms with Gasteiger partial charge in [-0.05, 0) is 36.5 Å². The van der Waals surface area contributed by atoms with Crippen LogP contribution in [0.5, 0.6) is 0 Å². The van der Waals surface area contributed by atoms with Gasteiger partial charge in [-0.1, -0.05) is 0 Å². The number of methoxy groups -OCH3 is 1. The van der Waals surface area contributed by atoms with E-state index in [9.17, 15) is 4.79 Å². The number of benzene rings is 1. The molecule has 5 heteroatoms. The molecule has 0 spiro atoms. The molecule has 16 heavy (non-hydrogen) atoms. The lowest BCUT2D eigenvalue weighted by molar-refractivity contribution is 0.0601. The van der Waals surface area contributed by atoms with Gasteiger partial charge in [0.25, 0.3) is 0 Å². The monoisotopic (exact) mass is 238 g/mol. The second-order valence-electron chi connectivity index (χ2n) is 3.39. The molecule has 1 rings (SSSR count). The fourth-order valence-electron chi connectivity index (χ4n) is 1.04. The molecule has 0 atom stereocenters. The summed E-state index contributed by atoms with van der Waals surface area (Å²) in [5.74, 6) is -0.346. The molecular formula is C11H14N2O2S. The van der Waals surface area contributed by atoms with Crippen molar-refractivity contribution in [2.75, 3.05) is 26.5 Å². The maximum Gasteiger partial charge on any atom is 0.337 e. The Labute approximate surface area is 100 Å². The summed E-state index contributed by atoms with van der Waals surface area (Å²) < 4.78 is 4.60. The molecule has 1 aromatic carbocycles. The van der Waals surface area contributed by atoms with Crippen molar-refractivity contribution >= 4 is 29.0 Å². The van der Waals surface area contributed by atoms with Crippen molar-refractivity contribution in [3.8, 4) is 0 Å². The van der Waals surface area contributed by atoms with Crippen LogP contribution in [0.4, 0.5) is 5.69 Å². The van der Waals surface area contributed by atoms with E-state index < -0.39 is 0 Å². The van der Waals surface area contributed by atoms with Crippen molar-refractivity contribution in [3.05, 3.63) is 29.8 Å². The molecule has 0 aromatic heterocycles. The Balaban J connectivity index is 2.72. The Morgan fingerprint density at radius 3 is 2.31 bits per heavy atom. The van der Waals surface area contributed by atoms with E-state index in [1.54, 1.807) is 29.2 Å². The fraction of sp³-hybridized carbons (Fsp3) is 0.273. The third-order valence-electron chi connectivity index (χ3n) is 1.96. The van der Waals surface area contributed by atoms with E-state index in [0.717, 1.165) is 5.69 Å². The van der Waals surface area contributed by atoms with Gasteiger partial charge >= 0.3 is 5.97 Å². The van der Waals surface area contributed by atoms with E-state index in [1.165, 1.54) is 7.11 Å². The fourth-order valence-corrected chi connectivity index (χ4v) is 1.16. The molecule has 0 saturated heterocycles. The van der Waals surface area contributed by atoms with Crippen molar-refractivity contribution in [2.45, 2.75) is 0 Å². The molecule has 4 nitrogen and oxygen atoms in total. The molecule has 0 aliphatic heterocycles. The summed E-state index contributed by atoms with van der Waals surface area (Å²) >= 11 is 5.09. The van der Waals surface area contributed by atoms with Crippen LogP contribution < -0.4 is 5.32 Å². The summed E-state index contributed by atoms with van der Waals surface area (Å²) in [6.45, 7) is 0. The smallest absolute Gasteiger partial charge is 0.337 e. The molecule has 0 fully saturated rings. The molecule has 0 heterocycles. The van der Waals surface area contributed by atoms with Crippen molar-refractivity contribution < 1.29 is 9.53 Å². The van der Waals surface area contributed by atoms with Crippen LogP contribution in [-0.4, -0.2) is 37.2 Å². The molecule has 0 radical (unpaired) electrons. The van der Waals surface area contributed by atoms with Crippen LogP contribution >= 0.6 is 12.2 Å². The van der Waals surface area contributed by atoms with Gasteiger partial charge in [-0.25, -0.2) is 4.79 Å². The summed E-state index contributed by atoms with van der Waals surface area (Å²) in [6, 6.07) is 6.93. The standard InChI is InChI=1S/C11H14N2O2S/c1-13(2)11(16)12-9-6-4-8(5-7-9)10(14)15-3/h4-7H,1-3H3,(H,12,16). The highest BCUT2D eigenvalue weighted by Gasteiger charge is 2.05. The maximum absolute atomic E-state index is 11.2. The number of rotatable bonds is 2. The van der Waals surface area contributed by atoms with Gasteiger partial charge in [0.2, 0.25) is 0 Å². The molecule has 0 aliphatic carbocycles. The van der Waals surface area contributed by atoms with Crippen LogP contribution in [0, 0.1) is 0 Å². The van der Waals surface area contributed by atoms with E-state index in [-0.39, 0.29) is 5.97 Å². The van der Waals surface area contributed by atoms with Gasteiger partial charge in [0.1, 0.15) is 0 Å². The maximum atomic E-state index is 11.2. The Bertz CT molecular complexity index is 387. The van der Waals surface area contributed by atoms with E-state index in [2.05, 4.69) is 10.1 Å². The molecule has 0 bridgehead atoms. The minimum absolute atomic E-state index is 0.346. The minimum Gasteiger partial charge on any atom is -0.465 e. The first-order chi connectivity index (χ1) is 7.54. The summed E-state index contributed by atoms with van der Waals surface area (Å²) in [4.78, 5) is 13.0. The lowest BCUT2D eigenvalue weighted by Gasteiger charge is -2.15. The SMILES string of the molecule is COC(=O)c1ccc(NC(=S)N(C)C)cc1. The minimum atomic E-state index is -0.346. The normalized spacial score (nSPS) is 9.44. The number of anilines is 1. The second-order valence-corrected chi connectivity index (χ2v) is 3.78. The number of esters is 1. The Morgan fingerprint density at radius 2 is 1.88 bits per heavy atom. The van der Waals surface area contributed by atoms with Crippen LogP contribution in [-0.2, 0) is 4.74 Å². The zero-order valence-electron chi connectivity index (χ0n) is 9.48.